The van der Waals surface area contributed by atoms with Gasteiger partial charge in [-0.3, -0.25) is 4.79 Å². The topological polar surface area (TPSA) is 60.2 Å². The summed E-state index contributed by atoms with van der Waals surface area (Å²) in [6.45, 7) is 2.26. The van der Waals surface area contributed by atoms with Crippen LogP contribution in [0.3, 0.4) is 0 Å². The van der Waals surface area contributed by atoms with E-state index < -0.39 is 11.8 Å². The number of unbranched alkanes of at least 4 members (excludes halogenated alkanes) is 9. The fraction of sp³-hybridized carbons (Fsp3) is 0.542. The summed E-state index contributed by atoms with van der Waals surface area (Å²) in [7, 11) is 0. The zero-order valence-corrected chi connectivity index (χ0v) is 16.6. The lowest BCUT2D eigenvalue weighted by Gasteiger charge is -2.20. The van der Waals surface area contributed by atoms with Gasteiger partial charge >= 0.3 is 0 Å². The van der Waals surface area contributed by atoms with E-state index in [0.29, 0.717) is 5.57 Å². The van der Waals surface area contributed by atoms with Crippen LogP contribution in [-0.2, 0) is 16.0 Å². The van der Waals surface area contributed by atoms with Gasteiger partial charge in [-0.1, -0.05) is 89.0 Å². The third-order valence-electron chi connectivity index (χ3n) is 5.44. The van der Waals surface area contributed by atoms with Gasteiger partial charge < -0.3 is 5.73 Å². The van der Waals surface area contributed by atoms with Gasteiger partial charge in [0.1, 0.15) is 5.94 Å². The van der Waals surface area contributed by atoms with Crippen molar-refractivity contribution in [2.45, 2.75) is 83.5 Å². The molecule has 0 spiro atoms. The molecule has 1 aliphatic rings. The molecule has 1 aromatic rings. The van der Waals surface area contributed by atoms with Crippen molar-refractivity contribution < 1.29 is 9.59 Å². The summed E-state index contributed by atoms with van der Waals surface area (Å²) < 4.78 is 0. The van der Waals surface area contributed by atoms with Crippen molar-refractivity contribution in [2.24, 2.45) is 5.73 Å². The molecule has 3 heteroatoms. The van der Waals surface area contributed by atoms with Crippen molar-refractivity contribution in [3.63, 3.8) is 0 Å². The number of benzene rings is 1. The molecular formula is C24H33NO2. The number of carbonyl (C=O) groups excluding carboxylic acids is 2. The number of rotatable bonds is 12. The van der Waals surface area contributed by atoms with Crippen LogP contribution in [0, 0.1) is 0 Å². The molecule has 1 unspecified atom stereocenters. The summed E-state index contributed by atoms with van der Waals surface area (Å²) in [4.78, 5) is 22.8. The van der Waals surface area contributed by atoms with Crippen molar-refractivity contribution in [3.8, 4) is 0 Å². The predicted molar refractivity (Wildman–Crippen MR) is 112 cm³/mol. The number of nitrogens with two attached hydrogens (primary N) is 1. The summed E-state index contributed by atoms with van der Waals surface area (Å²) in [5.41, 5.74) is 8.88. The summed E-state index contributed by atoms with van der Waals surface area (Å²) in [6, 6.07) is 6.12. The lowest BCUT2D eigenvalue weighted by atomic mass is 9.82. The molecule has 0 bridgehead atoms. The maximum atomic E-state index is 11.7. The molecule has 1 amide bonds. The molecule has 0 aliphatic heterocycles. The van der Waals surface area contributed by atoms with Gasteiger partial charge in [0, 0.05) is 0 Å². The monoisotopic (exact) mass is 367 g/mol. The van der Waals surface area contributed by atoms with Gasteiger partial charge in [0.25, 0.3) is 0 Å². The van der Waals surface area contributed by atoms with Crippen molar-refractivity contribution in [3.05, 3.63) is 46.5 Å². The minimum absolute atomic E-state index is 0.317. The summed E-state index contributed by atoms with van der Waals surface area (Å²) in [6.07, 6.45) is 18.0. The average molecular weight is 368 g/mol. The highest BCUT2D eigenvalue weighted by Gasteiger charge is 2.27. The first-order valence-corrected chi connectivity index (χ1v) is 10.5. The van der Waals surface area contributed by atoms with Crippen molar-refractivity contribution in [1.29, 1.82) is 0 Å². The second-order valence-electron chi connectivity index (χ2n) is 7.62. The second-order valence-corrected chi connectivity index (χ2v) is 7.62. The van der Waals surface area contributed by atoms with Crippen LogP contribution < -0.4 is 5.73 Å². The molecule has 0 saturated carbocycles. The third-order valence-corrected chi connectivity index (χ3v) is 5.44. The highest BCUT2D eigenvalue weighted by Crippen LogP contribution is 2.33. The molecule has 0 heterocycles. The average Bonchev–Trinajstić information content (AvgIpc) is 2.68. The molecule has 2 N–H and O–H groups in total. The Morgan fingerprint density at radius 3 is 2.19 bits per heavy atom. The molecule has 0 aromatic heterocycles. The number of carbonyl (C=O) groups is 1. The minimum atomic E-state index is -0.672. The zero-order chi connectivity index (χ0) is 19.5. The van der Waals surface area contributed by atoms with Crippen molar-refractivity contribution in [1.82, 2.24) is 0 Å². The molecule has 1 atom stereocenters. The molecule has 146 valence electrons. The van der Waals surface area contributed by atoms with Gasteiger partial charge in [0.2, 0.25) is 5.91 Å². The number of hydrogen-bond acceptors (Lipinski definition) is 2. The molecule has 0 saturated heterocycles. The Morgan fingerprint density at radius 1 is 0.963 bits per heavy atom. The summed E-state index contributed by atoms with van der Waals surface area (Å²) >= 11 is 0. The lowest BCUT2D eigenvalue weighted by molar-refractivity contribution is -0.118. The summed E-state index contributed by atoms with van der Waals surface area (Å²) in [5.74, 6) is 0.671. The van der Waals surface area contributed by atoms with E-state index >= 15 is 0 Å². The Kier molecular flexibility index (Phi) is 9.07. The van der Waals surface area contributed by atoms with Gasteiger partial charge in [-0.25, -0.2) is 4.79 Å². The molecular weight excluding hydrogens is 334 g/mol. The Bertz CT molecular complexity index is 698. The molecule has 0 radical (unpaired) electrons. The SMILES string of the molecule is CCCCCCCCCCCCc1ccc2c(c1)C=CC(=C=O)C2C(N)=O. The van der Waals surface area contributed by atoms with E-state index in [0.717, 1.165) is 17.5 Å². The number of primary amides is 1. The molecule has 1 aliphatic carbocycles. The first kappa shape index (κ1) is 21.2. The van der Waals surface area contributed by atoms with Gasteiger partial charge in [-0.05, 0) is 35.6 Å². The largest absolute Gasteiger partial charge is 0.369 e. The van der Waals surface area contributed by atoms with E-state index in [1.807, 2.05) is 18.1 Å². The molecule has 3 nitrogen and oxygen atoms in total. The predicted octanol–water partition coefficient (Wildman–Crippen LogP) is 5.50. The molecule has 2 rings (SSSR count). The van der Waals surface area contributed by atoms with Crippen molar-refractivity contribution in [2.75, 3.05) is 0 Å². The van der Waals surface area contributed by atoms with Gasteiger partial charge in [0.05, 0.1) is 11.5 Å². The normalized spacial score (nSPS) is 15.4. The van der Waals surface area contributed by atoms with Crippen LogP contribution in [0.4, 0.5) is 0 Å². The molecule has 1 aromatic carbocycles. The molecule has 0 fully saturated rings. The third kappa shape index (κ3) is 6.52. The Balaban J connectivity index is 1.75. The Hall–Kier alpha value is -2.12. The quantitative estimate of drug-likeness (QED) is 0.391. The highest BCUT2D eigenvalue weighted by molar-refractivity contribution is 5.92. The highest BCUT2D eigenvalue weighted by atomic mass is 16.1. The van der Waals surface area contributed by atoms with Gasteiger partial charge in [0.15, 0.2) is 0 Å². The van der Waals surface area contributed by atoms with E-state index in [1.54, 1.807) is 6.08 Å². The van der Waals surface area contributed by atoms with Gasteiger partial charge in [-0.15, -0.1) is 0 Å². The van der Waals surface area contributed by atoms with Crippen LogP contribution in [0.5, 0.6) is 0 Å². The fourth-order valence-corrected chi connectivity index (χ4v) is 3.85. The Labute approximate surface area is 163 Å². The number of amides is 1. The smallest absolute Gasteiger partial charge is 0.230 e. The maximum Gasteiger partial charge on any atom is 0.230 e. The number of allylic oxidation sites excluding steroid dienone is 1. The minimum Gasteiger partial charge on any atom is -0.369 e. The van der Waals surface area contributed by atoms with Crippen LogP contribution in [0.25, 0.3) is 6.08 Å². The van der Waals surface area contributed by atoms with E-state index in [1.165, 1.54) is 69.8 Å². The maximum absolute atomic E-state index is 11.7. The number of hydrogen-bond donors (Lipinski definition) is 1. The van der Waals surface area contributed by atoms with E-state index in [2.05, 4.69) is 19.1 Å². The number of fused-ring (bicyclic) bond motifs is 1. The van der Waals surface area contributed by atoms with Crippen LogP contribution in [0.15, 0.2) is 29.8 Å². The Morgan fingerprint density at radius 2 is 1.59 bits per heavy atom. The lowest BCUT2D eigenvalue weighted by Crippen LogP contribution is -2.25. The van der Waals surface area contributed by atoms with Gasteiger partial charge in [-0.2, -0.15) is 0 Å². The van der Waals surface area contributed by atoms with Crippen LogP contribution in [0.1, 0.15) is 93.7 Å². The molecule has 27 heavy (non-hydrogen) atoms. The first-order valence-electron chi connectivity index (χ1n) is 10.5. The fourth-order valence-electron chi connectivity index (χ4n) is 3.85. The number of aryl methyl sites for hydroxylation is 1. The zero-order valence-electron chi connectivity index (χ0n) is 16.6. The van der Waals surface area contributed by atoms with Crippen LogP contribution in [0.2, 0.25) is 0 Å². The van der Waals surface area contributed by atoms with Crippen LogP contribution >= 0.6 is 0 Å². The standard InChI is InChI=1S/C24H33NO2/c1-2-3-4-5-6-7-8-9-10-11-12-19-13-16-22-20(17-19)14-15-21(18-26)23(22)24(25)27/h13-17,23H,2-12H2,1H3,(H2,25,27). The first-order chi connectivity index (χ1) is 13.2. The van der Waals surface area contributed by atoms with Crippen LogP contribution in [-0.4, -0.2) is 11.8 Å². The van der Waals surface area contributed by atoms with Crippen molar-refractivity contribution >= 4 is 17.9 Å². The van der Waals surface area contributed by atoms with E-state index in [-0.39, 0.29) is 0 Å². The van der Waals surface area contributed by atoms with E-state index in [4.69, 9.17) is 5.73 Å². The second kappa shape index (κ2) is 11.6. The summed E-state index contributed by atoms with van der Waals surface area (Å²) in [5, 5.41) is 0. The van der Waals surface area contributed by atoms with E-state index in [9.17, 15) is 9.59 Å².